The largest absolute Gasteiger partial charge is 0.394 e. The molecule has 11 nitrogen and oxygen atoms in total. The van der Waals surface area contributed by atoms with E-state index in [2.05, 4.69) is 55.6 Å². The van der Waals surface area contributed by atoms with E-state index in [-0.39, 0.29) is 12.8 Å². The zero-order valence-corrected chi connectivity index (χ0v) is 59.1. The second-order valence-electron chi connectivity index (χ2n) is 27.8. The van der Waals surface area contributed by atoms with Gasteiger partial charge in [0.1, 0.15) is 36.6 Å². The predicted octanol–water partition coefficient (Wildman–Crippen LogP) is 20.1. The summed E-state index contributed by atoms with van der Waals surface area (Å²) in [4.78, 5) is 13.3. The maximum atomic E-state index is 13.3. The highest BCUT2D eigenvalue weighted by molar-refractivity contribution is 5.80. The van der Waals surface area contributed by atoms with Crippen LogP contribution in [0.5, 0.6) is 0 Å². The van der Waals surface area contributed by atoms with Crippen molar-refractivity contribution in [2.24, 2.45) is 0 Å². The Kier molecular flexibility index (Phi) is 64.6. The first-order valence-electron chi connectivity index (χ1n) is 39.4. The molecule has 8 N–H and O–H groups in total. The molecule has 1 saturated heterocycles. The Labute approximate surface area is 556 Å². The van der Waals surface area contributed by atoms with E-state index >= 15 is 0 Å². The van der Waals surface area contributed by atoms with Crippen molar-refractivity contribution in [1.82, 2.24) is 5.32 Å². The normalized spacial score (nSPS) is 18.6. The Bertz CT molecular complexity index is 1560. The number of unbranched alkanes of at least 4 members (excludes halogenated alkanes) is 52. The van der Waals surface area contributed by atoms with Crippen LogP contribution in [0.3, 0.4) is 0 Å². The van der Waals surface area contributed by atoms with Crippen LogP contribution >= 0.6 is 0 Å². The minimum atomic E-state index is -1.67. The number of aliphatic hydroxyl groups is 7. The summed E-state index contributed by atoms with van der Waals surface area (Å²) in [6.45, 7) is 3.50. The van der Waals surface area contributed by atoms with Crippen molar-refractivity contribution in [1.29, 1.82) is 0 Å². The molecule has 1 heterocycles. The molecule has 1 aliphatic rings. The van der Waals surface area contributed by atoms with Gasteiger partial charge in [-0.05, 0) is 64.2 Å². The zero-order valence-electron chi connectivity index (χ0n) is 59.1. The molecule has 1 amide bonds. The predicted molar refractivity (Wildman–Crippen MR) is 381 cm³/mol. The summed E-state index contributed by atoms with van der Waals surface area (Å²) < 4.78 is 11.2. The minimum absolute atomic E-state index is 0.243. The number of allylic oxidation sites excluding steroid dienone is 6. The van der Waals surface area contributed by atoms with Crippen LogP contribution in [0.1, 0.15) is 393 Å². The van der Waals surface area contributed by atoms with Gasteiger partial charge in [-0.1, -0.05) is 365 Å². The Morgan fingerprint density at radius 3 is 0.989 bits per heavy atom. The molecule has 9 atom stereocenters. The third kappa shape index (κ3) is 53.6. The maximum absolute atomic E-state index is 13.3. The molecule has 532 valence electrons. The molecular weight excluding hydrogens is 1120 g/mol. The van der Waals surface area contributed by atoms with Crippen molar-refractivity contribution in [3.63, 3.8) is 0 Å². The Balaban J connectivity index is 2.13. The van der Waals surface area contributed by atoms with Gasteiger partial charge in [0, 0.05) is 0 Å². The van der Waals surface area contributed by atoms with E-state index in [9.17, 15) is 40.5 Å². The van der Waals surface area contributed by atoms with Gasteiger partial charge in [0.25, 0.3) is 0 Å². The number of hydrogen-bond acceptors (Lipinski definition) is 10. The van der Waals surface area contributed by atoms with Crippen LogP contribution in [0.15, 0.2) is 36.5 Å². The standard InChI is InChI=1S/C79H151NO10/c1-3-5-7-9-11-13-15-17-19-21-23-25-27-29-30-31-32-33-34-35-36-37-38-39-40-41-43-45-47-49-51-53-55-57-59-61-63-65-67-72(83)78(88)80-70(69-89-79-77(87)76(86)75(85)73(68-81)90-79)74(84)71(82)66-64-62-60-58-56-54-52-50-48-46-44-42-28-26-24-22-20-18-16-14-12-10-8-6-4-2/h42,44,50,52,58,60,70-77,79,81-87H,3-41,43,45-49,51,53-57,59,61-69H2,1-2H3,(H,80,88)/b44-42+,52-50+,60-58+. The van der Waals surface area contributed by atoms with Crippen LogP contribution in [0.25, 0.3) is 0 Å². The van der Waals surface area contributed by atoms with Crippen molar-refractivity contribution in [3.8, 4) is 0 Å². The zero-order chi connectivity index (χ0) is 65.3. The van der Waals surface area contributed by atoms with Crippen molar-refractivity contribution in [3.05, 3.63) is 36.5 Å². The Morgan fingerprint density at radius 1 is 0.378 bits per heavy atom. The summed E-state index contributed by atoms with van der Waals surface area (Å²) in [6.07, 6.45) is 77.0. The van der Waals surface area contributed by atoms with Crippen LogP contribution in [0.4, 0.5) is 0 Å². The number of hydrogen-bond donors (Lipinski definition) is 8. The quantitative estimate of drug-likeness (QED) is 0.0215. The Hall–Kier alpha value is -1.67. The fourth-order valence-corrected chi connectivity index (χ4v) is 12.9. The molecule has 0 aromatic rings. The van der Waals surface area contributed by atoms with E-state index in [4.69, 9.17) is 9.47 Å². The second-order valence-corrected chi connectivity index (χ2v) is 27.8. The monoisotopic (exact) mass is 1270 g/mol. The number of aliphatic hydroxyl groups excluding tert-OH is 7. The number of amides is 1. The lowest BCUT2D eigenvalue weighted by atomic mass is 9.98. The number of ether oxygens (including phenoxy) is 2. The molecule has 0 aromatic heterocycles. The highest BCUT2D eigenvalue weighted by Crippen LogP contribution is 2.24. The van der Waals surface area contributed by atoms with Crippen LogP contribution in [0.2, 0.25) is 0 Å². The van der Waals surface area contributed by atoms with Crippen LogP contribution < -0.4 is 5.32 Å². The molecular formula is C79H151NO10. The molecule has 0 saturated carbocycles. The second kappa shape index (κ2) is 67.3. The summed E-state index contributed by atoms with van der Waals surface area (Å²) >= 11 is 0. The van der Waals surface area contributed by atoms with E-state index < -0.39 is 74.2 Å². The summed E-state index contributed by atoms with van der Waals surface area (Å²) in [5, 5.41) is 76.6. The van der Waals surface area contributed by atoms with Crippen molar-refractivity contribution >= 4 is 5.91 Å². The van der Waals surface area contributed by atoms with Gasteiger partial charge >= 0.3 is 0 Å². The lowest BCUT2D eigenvalue weighted by Gasteiger charge is -2.40. The summed E-state index contributed by atoms with van der Waals surface area (Å²) in [7, 11) is 0. The third-order valence-electron chi connectivity index (χ3n) is 19.2. The van der Waals surface area contributed by atoms with E-state index in [0.29, 0.717) is 19.3 Å². The third-order valence-corrected chi connectivity index (χ3v) is 19.2. The molecule has 1 fully saturated rings. The van der Waals surface area contributed by atoms with Gasteiger partial charge in [0.15, 0.2) is 6.29 Å². The number of carbonyl (C=O) groups excluding carboxylic acids is 1. The molecule has 0 aromatic carbocycles. The summed E-state index contributed by atoms with van der Waals surface area (Å²) in [5.41, 5.74) is 0. The van der Waals surface area contributed by atoms with Crippen LogP contribution in [-0.2, 0) is 14.3 Å². The van der Waals surface area contributed by atoms with Gasteiger partial charge in [0.2, 0.25) is 5.91 Å². The lowest BCUT2D eigenvalue weighted by molar-refractivity contribution is -0.303. The van der Waals surface area contributed by atoms with Gasteiger partial charge in [0.05, 0.1) is 25.4 Å². The molecule has 0 spiro atoms. The molecule has 11 heteroatoms. The van der Waals surface area contributed by atoms with Crippen molar-refractivity contribution in [2.45, 2.75) is 448 Å². The molecule has 0 aliphatic carbocycles. The van der Waals surface area contributed by atoms with Crippen LogP contribution in [0, 0.1) is 0 Å². The molecule has 9 unspecified atom stereocenters. The number of nitrogens with one attached hydrogen (secondary N) is 1. The first-order valence-corrected chi connectivity index (χ1v) is 39.4. The number of rotatable bonds is 70. The first kappa shape index (κ1) is 86.3. The smallest absolute Gasteiger partial charge is 0.249 e. The van der Waals surface area contributed by atoms with Gasteiger partial charge in [-0.25, -0.2) is 0 Å². The topological polar surface area (TPSA) is 189 Å². The molecule has 0 radical (unpaired) electrons. The average Bonchev–Trinajstić information content (AvgIpc) is 1.28. The van der Waals surface area contributed by atoms with E-state index in [1.165, 1.54) is 302 Å². The van der Waals surface area contributed by atoms with Crippen molar-refractivity contribution in [2.75, 3.05) is 13.2 Å². The fourth-order valence-electron chi connectivity index (χ4n) is 12.9. The highest BCUT2D eigenvalue weighted by atomic mass is 16.7. The molecule has 0 bridgehead atoms. The van der Waals surface area contributed by atoms with E-state index in [1.54, 1.807) is 0 Å². The molecule has 1 aliphatic heterocycles. The Morgan fingerprint density at radius 2 is 0.667 bits per heavy atom. The van der Waals surface area contributed by atoms with Gasteiger partial charge < -0.3 is 50.5 Å². The summed E-state index contributed by atoms with van der Waals surface area (Å²) in [6, 6.07) is -1.20. The highest BCUT2D eigenvalue weighted by Gasteiger charge is 2.44. The minimum Gasteiger partial charge on any atom is -0.394 e. The van der Waals surface area contributed by atoms with Crippen LogP contribution in [-0.4, -0.2) is 110 Å². The number of carbonyl (C=O) groups is 1. The molecule has 90 heavy (non-hydrogen) atoms. The first-order chi connectivity index (χ1) is 44.2. The SMILES string of the molecule is CCCCCCCCCCCCCC/C=C/CC/C=C/CC/C=C/CCCC(O)C(O)C(COC1OC(CO)C(O)C(O)C1O)NC(=O)C(O)CCCCCCCCCCCCCCCCCCCCCCCCCCCCCCCCCCCCCCCC. The van der Waals surface area contributed by atoms with E-state index in [0.717, 1.165) is 44.9 Å². The van der Waals surface area contributed by atoms with Gasteiger partial charge in [-0.15, -0.1) is 0 Å². The lowest BCUT2D eigenvalue weighted by Crippen LogP contribution is -2.60. The average molecular weight is 1280 g/mol. The molecule has 1 rings (SSSR count). The van der Waals surface area contributed by atoms with Gasteiger partial charge in [-0.3, -0.25) is 4.79 Å². The van der Waals surface area contributed by atoms with E-state index in [1.807, 2.05) is 0 Å². The maximum Gasteiger partial charge on any atom is 0.249 e. The fraction of sp³-hybridized carbons (Fsp3) is 0.911. The van der Waals surface area contributed by atoms with Gasteiger partial charge in [-0.2, -0.15) is 0 Å². The summed E-state index contributed by atoms with van der Waals surface area (Å²) in [5.74, 6) is -0.705. The van der Waals surface area contributed by atoms with Crippen molar-refractivity contribution < 1.29 is 50.0 Å².